The summed E-state index contributed by atoms with van der Waals surface area (Å²) in [4.78, 5) is 17.9. The highest BCUT2D eigenvalue weighted by atomic mass is 16.5. The van der Waals surface area contributed by atoms with Crippen LogP contribution < -0.4 is 10.5 Å². The third kappa shape index (κ3) is 4.22. The molecule has 0 bridgehead atoms. The predicted molar refractivity (Wildman–Crippen MR) is 103 cm³/mol. The number of hydrogen-bond donors (Lipinski definition) is 1. The highest BCUT2D eigenvalue weighted by Gasteiger charge is 2.26. The van der Waals surface area contributed by atoms with Crippen molar-refractivity contribution in [2.45, 2.75) is 45.6 Å². The summed E-state index contributed by atoms with van der Waals surface area (Å²) in [7, 11) is 0. The van der Waals surface area contributed by atoms with Crippen LogP contribution in [0.25, 0.3) is 0 Å². The van der Waals surface area contributed by atoms with Gasteiger partial charge in [-0.2, -0.15) is 0 Å². The molecule has 0 spiro atoms. The van der Waals surface area contributed by atoms with Crippen molar-refractivity contribution in [3.63, 3.8) is 0 Å². The molecule has 1 amide bonds. The molecule has 1 aromatic carbocycles. The molecule has 1 aliphatic rings. The van der Waals surface area contributed by atoms with Gasteiger partial charge in [-0.15, -0.1) is 0 Å². The number of fused-ring (bicyclic) bond motifs is 1. The van der Waals surface area contributed by atoms with E-state index in [1.807, 2.05) is 6.07 Å². The molecule has 0 saturated carbocycles. The molecule has 2 aromatic rings. The molecular weight excluding hydrogens is 326 g/mol. The first-order valence-electron chi connectivity index (χ1n) is 9.40. The molecule has 0 saturated heterocycles. The lowest BCUT2D eigenvalue weighted by molar-refractivity contribution is 0.1000. The molecule has 0 fully saturated rings. The third-order valence-electron chi connectivity index (χ3n) is 5.05. The predicted octanol–water partition coefficient (Wildman–Crippen LogP) is 3.56. The number of primary amides is 1. The fourth-order valence-electron chi connectivity index (χ4n) is 3.56. The van der Waals surface area contributed by atoms with Crippen molar-refractivity contribution in [2.24, 2.45) is 5.73 Å². The van der Waals surface area contributed by atoms with Gasteiger partial charge < -0.3 is 15.4 Å². The Kier molecular flexibility index (Phi) is 5.89. The number of aromatic nitrogens is 1. The lowest BCUT2D eigenvalue weighted by atomic mass is 10.1. The minimum absolute atomic E-state index is 0.376. The van der Waals surface area contributed by atoms with Crippen molar-refractivity contribution >= 4 is 5.91 Å². The van der Waals surface area contributed by atoms with Crippen molar-refractivity contribution in [2.75, 3.05) is 13.1 Å². The number of nitrogens with two attached hydrogens (primary N) is 1. The van der Waals surface area contributed by atoms with Crippen LogP contribution in [0.3, 0.4) is 0 Å². The number of carbonyl (C=O) groups excluding carboxylic acids is 1. The highest BCUT2D eigenvalue weighted by Crippen LogP contribution is 2.30. The molecule has 5 nitrogen and oxygen atoms in total. The summed E-state index contributed by atoms with van der Waals surface area (Å²) in [6.45, 7) is 6.75. The van der Waals surface area contributed by atoms with Crippen LogP contribution in [0.1, 0.15) is 48.2 Å². The molecular formula is C21H27N3O2. The molecule has 1 heterocycles. The first kappa shape index (κ1) is 18.4. The van der Waals surface area contributed by atoms with Crippen molar-refractivity contribution in [1.29, 1.82) is 0 Å². The number of hydrogen-bond acceptors (Lipinski definition) is 4. The van der Waals surface area contributed by atoms with E-state index in [0.29, 0.717) is 17.5 Å². The Morgan fingerprint density at radius 1 is 1.23 bits per heavy atom. The van der Waals surface area contributed by atoms with Gasteiger partial charge in [0.1, 0.15) is 5.75 Å². The highest BCUT2D eigenvalue weighted by molar-refractivity contribution is 5.92. The van der Waals surface area contributed by atoms with Crippen LogP contribution >= 0.6 is 0 Å². The quantitative estimate of drug-likeness (QED) is 0.788. The molecule has 5 heteroatoms. The van der Waals surface area contributed by atoms with Crippen LogP contribution in [0, 0.1) is 0 Å². The van der Waals surface area contributed by atoms with Gasteiger partial charge in [0.2, 0.25) is 11.8 Å². The maximum atomic E-state index is 11.1. The SMILES string of the molecule is CCCCN(CC)C1Cc2ccc(Oc3ccc(C(N)=O)cn3)cc2C1. The van der Waals surface area contributed by atoms with Gasteiger partial charge in [0.05, 0.1) is 5.56 Å². The number of ether oxygens (including phenoxy) is 1. The molecule has 3 rings (SSSR count). The summed E-state index contributed by atoms with van der Waals surface area (Å²) in [5.74, 6) is 0.749. The Hall–Kier alpha value is -2.40. The first-order valence-corrected chi connectivity index (χ1v) is 9.40. The Morgan fingerprint density at radius 3 is 2.69 bits per heavy atom. The maximum Gasteiger partial charge on any atom is 0.250 e. The van der Waals surface area contributed by atoms with Crippen LogP contribution in [0.15, 0.2) is 36.5 Å². The largest absolute Gasteiger partial charge is 0.439 e. The molecule has 0 radical (unpaired) electrons. The summed E-state index contributed by atoms with van der Waals surface area (Å²) in [6.07, 6.45) is 6.10. The van der Waals surface area contributed by atoms with E-state index >= 15 is 0 Å². The van der Waals surface area contributed by atoms with Crippen LogP contribution in [-0.4, -0.2) is 34.9 Å². The molecule has 26 heavy (non-hydrogen) atoms. The molecule has 1 unspecified atom stereocenters. The van der Waals surface area contributed by atoms with Crippen LogP contribution in [0.5, 0.6) is 11.6 Å². The fourth-order valence-corrected chi connectivity index (χ4v) is 3.56. The van der Waals surface area contributed by atoms with E-state index in [2.05, 4.69) is 35.9 Å². The number of amides is 1. The minimum Gasteiger partial charge on any atom is -0.439 e. The number of likely N-dealkylation sites (N-methyl/N-ethyl adjacent to an activating group) is 1. The smallest absolute Gasteiger partial charge is 0.250 e. The lowest BCUT2D eigenvalue weighted by Crippen LogP contribution is -2.36. The monoisotopic (exact) mass is 353 g/mol. The van der Waals surface area contributed by atoms with Crippen molar-refractivity contribution in [3.05, 3.63) is 53.2 Å². The normalized spacial score (nSPS) is 15.9. The van der Waals surface area contributed by atoms with Crippen molar-refractivity contribution in [1.82, 2.24) is 9.88 Å². The summed E-state index contributed by atoms with van der Waals surface area (Å²) in [5.41, 5.74) is 8.38. The van der Waals surface area contributed by atoms with Gasteiger partial charge in [-0.05, 0) is 61.7 Å². The number of unbranched alkanes of at least 4 members (excludes halogenated alkanes) is 1. The average Bonchev–Trinajstić information content (AvgIpc) is 3.06. The van der Waals surface area contributed by atoms with Gasteiger partial charge in [-0.25, -0.2) is 4.98 Å². The van der Waals surface area contributed by atoms with Crippen LogP contribution in [-0.2, 0) is 12.8 Å². The van der Waals surface area contributed by atoms with Crippen molar-refractivity contribution < 1.29 is 9.53 Å². The number of benzene rings is 1. The molecule has 0 aliphatic heterocycles. The Labute approximate surface area is 155 Å². The van der Waals surface area contributed by atoms with E-state index in [9.17, 15) is 4.79 Å². The van der Waals surface area contributed by atoms with Gasteiger partial charge in [-0.1, -0.05) is 26.3 Å². The van der Waals surface area contributed by atoms with E-state index in [4.69, 9.17) is 10.5 Å². The number of nitrogens with zero attached hydrogens (tertiary/aromatic N) is 2. The van der Waals surface area contributed by atoms with Crippen molar-refractivity contribution in [3.8, 4) is 11.6 Å². The van der Waals surface area contributed by atoms with E-state index in [1.165, 1.54) is 36.7 Å². The Bertz CT molecular complexity index is 758. The standard InChI is InChI=1S/C21H27N3O2/c1-3-5-10-24(4-2)18-11-15-6-8-19(13-17(15)12-18)26-20-9-7-16(14-23-20)21(22)25/h6-9,13-14,18H,3-5,10-12H2,1-2H3,(H2,22,25). The summed E-state index contributed by atoms with van der Waals surface area (Å²) >= 11 is 0. The second-order valence-electron chi connectivity index (χ2n) is 6.83. The fraction of sp³-hybridized carbons (Fsp3) is 0.429. The second kappa shape index (κ2) is 8.32. The summed E-state index contributed by atoms with van der Waals surface area (Å²) in [6, 6.07) is 10.2. The van der Waals surface area contributed by atoms with Gasteiger partial charge in [0.25, 0.3) is 0 Å². The molecule has 2 N–H and O–H groups in total. The second-order valence-corrected chi connectivity index (χ2v) is 6.83. The van der Waals surface area contributed by atoms with Crippen LogP contribution in [0.4, 0.5) is 0 Å². The van der Waals surface area contributed by atoms with E-state index < -0.39 is 5.91 Å². The van der Waals surface area contributed by atoms with Gasteiger partial charge in [0, 0.05) is 18.3 Å². The summed E-state index contributed by atoms with van der Waals surface area (Å²) < 4.78 is 5.85. The van der Waals surface area contributed by atoms with E-state index in [1.54, 1.807) is 12.1 Å². The van der Waals surface area contributed by atoms with E-state index in [0.717, 1.165) is 25.1 Å². The lowest BCUT2D eigenvalue weighted by Gasteiger charge is -2.27. The zero-order chi connectivity index (χ0) is 18.5. The number of carbonyl (C=O) groups is 1. The molecule has 138 valence electrons. The van der Waals surface area contributed by atoms with Crippen LogP contribution in [0.2, 0.25) is 0 Å². The molecule has 1 atom stereocenters. The van der Waals surface area contributed by atoms with E-state index in [-0.39, 0.29) is 0 Å². The molecule has 1 aliphatic carbocycles. The third-order valence-corrected chi connectivity index (χ3v) is 5.05. The Morgan fingerprint density at radius 2 is 2.04 bits per heavy atom. The number of rotatable bonds is 8. The first-order chi connectivity index (χ1) is 12.6. The average molecular weight is 353 g/mol. The summed E-state index contributed by atoms with van der Waals surface area (Å²) in [5, 5.41) is 0. The topological polar surface area (TPSA) is 68.5 Å². The number of pyridine rings is 1. The van der Waals surface area contributed by atoms with Gasteiger partial charge in [-0.3, -0.25) is 4.79 Å². The Balaban J connectivity index is 1.67. The van der Waals surface area contributed by atoms with Gasteiger partial charge >= 0.3 is 0 Å². The maximum absolute atomic E-state index is 11.1. The molecule has 1 aromatic heterocycles. The zero-order valence-corrected chi connectivity index (χ0v) is 15.6. The minimum atomic E-state index is -0.490. The zero-order valence-electron chi connectivity index (χ0n) is 15.6. The van der Waals surface area contributed by atoms with Gasteiger partial charge in [0.15, 0.2) is 0 Å².